The first-order valence-corrected chi connectivity index (χ1v) is 3.72. The minimum absolute atomic E-state index is 0.524. The summed E-state index contributed by atoms with van der Waals surface area (Å²) in [4.78, 5) is 23.0. The van der Waals surface area contributed by atoms with Crippen molar-refractivity contribution in [1.29, 1.82) is 0 Å². The van der Waals surface area contributed by atoms with Crippen LogP contribution in [0.25, 0.3) is 0 Å². The number of rotatable bonds is 2. The normalized spacial score (nSPS) is 10.6. The third-order valence-electron chi connectivity index (χ3n) is 1.43. The fourth-order valence-corrected chi connectivity index (χ4v) is 0.921. The van der Waals surface area contributed by atoms with Crippen LogP contribution in [0.5, 0.6) is 0 Å². The Morgan fingerprint density at radius 1 is 1.50 bits per heavy atom. The standard InChI is InChI=1S/C7H3ClF3NO2/c8-6(14)2-1-3(13)4(9)5(12-2)7(10)11/h1,7H,(H,12,13). The summed E-state index contributed by atoms with van der Waals surface area (Å²) >= 11 is 4.93. The summed E-state index contributed by atoms with van der Waals surface area (Å²) in [6.07, 6.45) is -3.21. The molecule has 0 aromatic carbocycles. The highest BCUT2D eigenvalue weighted by atomic mass is 35.5. The molecule has 0 saturated heterocycles. The van der Waals surface area contributed by atoms with E-state index in [2.05, 4.69) is 0 Å². The number of H-pyrrole nitrogens is 1. The molecule has 0 spiro atoms. The molecule has 0 amide bonds. The third-order valence-corrected chi connectivity index (χ3v) is 1.63. The lowest BCUT2D eigenvalue weighted by molar-refractivity contribution is 0.107. The van der Waals surface area contributed by atoms with Gasteiger partial charge in [-0.1, -0.05) is 0 Å². The maximum absolute atomic E-state index is 12.7. The van der Waals surface area contributed by atoms with E-state index in [9.17, 15) is 22.8 Å². The number of pyridine rings is 1. The smallest absolute Gasteiger partial charge is 0.281 e. The van der Waals surface area contributed by atoms with Crippen molar-refractivity contribution in [1.82, 2.24) is 4.98 Å². The van der Waals surface area contributed by atoms with Crippen LogP contribution >= 0.6 is 11.6 Å². The summed E-state index contributed by atoms with van der Waals surface area (Å²) < 4.78 is 36.9. The summed E-state index contributed by atoms with van der Waals surface area (Å²) in [5.41, 5.74) is -3.10. The maximum atomic E-state index is 12.7. The van der Waals surface area contributed by atoms with Crippen LogP contribution in [0.15, 0.2) is 10.9 Å². The molecule has 1 aromatic rings. The molecule has 0 bridgehead atoms. The van der Waals surface area contributed by atoms with Crippen molar-refractivity contribution in [2.75, 3.05) is 0 Å². The largest absolute Gasteiger partial charge is 0.348 e. The maximum Gasteiger partial charge on any atom is 0.281 e. The van der Waals surface area contributed by atoms with Crippen molar-refractivity contribution in [3.05, 3.63) is 33.5 Å². The number of aromatic amines is 1. The predicted molar refractivity (Wildman–Crippen MR) is 42.2 cm³/mol. The fourth-order valence-electron chi connectivity index (χ4n) is 0.819. The van der Waals surface area contributed by atoms with Crippen LogP contribution in [0.1, 0.15) is 22.6 Å². The van der Waals surface area contributed by atoms with Gasteiger partial charge in [-0.2, -0.15) is 0 Å². The van der Waals surface area contributed by atoms with Gasteiger partial charge in [0.05, 0.1) is 0 Å². The zero-order chi connectivity index (χ0) is 10.9. The van der Waals surface area contributed by atoms with Gasteiger partial charge in [0.1, 0.15) is 11.4 Å². The Hall–Kier alpha value is -1.30. The molecule has 0 saturated carbocycles. The average Bonchev–Trinajstić information content (AvgIpc) is 2.08. The predicted octanol–water partition coefficient (Wildman–Crippen LogP) is 1.83. The molecule has 0 fully saturated rings. The Morgan fingerprint density at radius 2 is 2.07 bits per heavy atom. The van der Waals surface area contributed by atoms with E-state index in [1.807, 2.05) is 0 Å². The van der Waals surface area contributed by atoms with Crippen molar-refractivity contribution >= 4 is 16.8 Å². The summed E-state index contributed by atoms with van der Waals surface area (Å²) in [7, 11) is 0. The highest BCUT2D eigenvalue weighted by Crippen LogP contribution is 2.18. The van der Waals surface area contributed by atoms with E-state index in [0.717, 1.165) is 0 Å². The Labute approximate surface area is 80.5 Å². The van der Waals surface area contributed by atoms with Gasteiger partial charge in [-0.05, 0) is 11.6 Å². The van der Waals surface area contributed by atoms with Crippen molar-refractivity contribution in [3.63, 3.8) is 0 Å². The highest BCUT2D eigenvalue weighted by molar-refractivity contribution is 6.67. The van der Waals surface area contributed by atoms with Crippen LogP contribution in [-0.2, 0) is 0 Å². The van der Waals surface area contributed by atoms with Gasteiger partial charge in [-0.15, -0.1) is 0 Å². The van der Waals surface area contributed by atoms with E-state index < -0.39 is 34.3 Å². The lowest BCUT2D eigenvalue weighted by atomic mass is 10.3. The first-order valence-electron chi connectivity index (χ1n) is 3.34. The molecule has 1 heterocycles. The van der Waals surface area contributed by atoms with E-state index in [1.54, 1.807) is 4.98 Å². The molecule has 1 rings (SSSR count). The van der Waals surface area contributed by atoms with Crippen LogP contribution in [0, 0.1) is 5.82 Å². The van der Waals surface area contributed by atoms with Crippen LogP contribution in [0.2, 0.25) is 0 Å². The summed E-state index contributed by atoms with van der Waals surface area (Å²) in [6, 6.07) is 0.524. The van der Waals surface area contributed by atoms with Gasteiger partial charge in [-0.3, -0.25) is 9.59 Å². The first-order chi connectivity index (χ1) is 6.43. The molecule has 0 aliphatic heterocycles. The quantitative estimate of drug-likeness (QED) is 0.781. The Balaban J connectivity index is 3.43. The minimum Gasteiger partial charge on any atom is -0.348 e. The number of carbonyl (C=O) groups is 1. The number of carbonyl (C=O) groups excluding carboxylic acids is 1. The number of alkyl halides is 2. The van der Waals surface area contributed by atoms with Crippen LogP contribution in [0.4, 0.5) is 13.2 Å². The average molecular weight is 226 g/mol. The monoisotopic (exact) mass is 225 g/mol. The second kappa shape index (κ2) is 3.83. The number of nitrogens with one attached hydrogen (secondary N) is 1. The number of aromatic nitrogens is 1. The number of hydrogen-bond donors (Lipinski definition) is 1. The highest BCUT2D eigenvalue weighted by Gasteiger charge is 2.19. The van der Waals surface area contributed by atoms with Crippen LogP contribution < -0.4 is 5.43 Å². The zero-order valence-electron chi connectivity index (χ0n) is 6.48. The van der Waals surface area contributed by atoms with Gasteiger partial charge in [0, 0.05) is 6.07 Å². The topological polar surface area (TPSA) is 49.9 Å². The van der Waals surface area contributed by atoms with Gasteiger partial charge in [-0.25, -0.2) is 13.2 Å². The van der Waals surface area contributed by atoms with Crippen molar-refractivity contribution < 1.29 is 18.0 Å². The molecule has 14 heavy (non-hydrogen) atoms. The van der Waals surface area contributed by atoms with Crippen LogP contribution in [-0.4, -0.2) is 10.2 Å². The fraction of sp³-hybridized carbons (Fsp3) is 0.143. The van der Waals surface area contributed by atoms with E-state index in [4.69, 9.17) is 11.6 Å². The molecule has 0 aliphatic carbocycles. The summed E-state index contributed by atoms with van der Waals surface area (Å²) in [6.45, 7) is 0. The molecule has 1 aromatic heterocycles. The number of hydrogen-bond acceptors (Lipinski definition) is 2. The molecule has 7 heteroatoms. The molecule has 0 aliphatic rings. The SMILES string of the molecule is O=C(Cl)c1cc(=O)c(F)c(C(F)F)[nH]1. The lowest BCUT2D eigenvalue weighted by Crippen LogP contribution is -2.15. The second-order valence-electron chi connectivity index (χ2n) is 2.35. The third kappa shape index (κ3) is 1.95. The van der Waals surface area contributed by atoms with Gasteiger partial charge >= 0.3 is 0 Å². The first kappa shape index (κ1) is 10.8. The molecule has 0 atom stereocenters. The van der Waals surface area contributed by atoms with E-state index >= 15 is 0 Å². The van der Waals surface area contributed by atoms with Gasteiger partial charge in [0.15, 0.2) is 5.82 Å². The van der Waals surface area contributed by atoms with E-state index in [-0.39, 0.29) is 0 Å². The summed E-state index contributed by atoms with van der Waals surface area (Å²) in [5, 5.41) is -1.14. The van der Waals surface area contributed by atoms with Gasteiger partial charge < -0.3 is 4.98 Å². The molecular weight excluding hydrogens is 223 g/mol. The van der Waals surface area contributed by atoms with Gasteiger partial charge in [0.2, 0.25) is 5.43 Å². The number of halogens is 4. The zero-order valence-corrected chi connectivity index (χ0v) is 7.24. The second-order valence-corrected chi connectivity index (χ2v) is 2.69. The minimum atomic E-state index is -3.21. The van der Waals surface area contributed by atoms with Crippen molar-refractivity contribution in [2.45, 2.75) is 6.43 Å². The molecular formula is C7H3ClF3NO2. The lowest BCUT2D eigenvalue weighted by Gasteiger charge is -2.02. The van der Waals surface area contributed by atoms with Crippen molar-refractivity contribution in [3.8, 4) is 0 Å². The van der Waals surface area contributed by atoms with E-state index in [0.29, 0.717) is 6.07 Å². The van der Waals surface area contributed by atoms with Crippen molar-refractivity contribution in [2.24, 2.45) is 0 Å². The Bertz CT molecular complexity index is 429. The molecule has 0 radical (unpaired) electrons. The van der Waals surface area contributed by atoms with Crippen LogP contribution in [0.3, 0.4) is 0 Å². The molecule has 3 nitrogen and oxygen atoms in total. The Morgan fingerprint density at radius 3 is 2.50 bits per heavy atom. The molecule has 1 N–H and O–H groups in total. The van der Waals surface area contributed by atoms with Gasteiger partial charge in [0.25, 0.3) is 11.7 Å². The Kier molecular flexibility index (Phi) is 2.95. The molecule has 76 valence electrons. The molecule has 0 unspecified atom stereocenters. The van der Waals surface area contributed by atoms with E-state index in [1.165, 1.54) is 0 Å². The summed E-state index contributed by atoms with van der Waals surface area (Å²) in [5.74, 6) is -1.61.